The molecule has 1 aliphatic rings. The van der Waals surface area contributed by atoms with Crippen LogP contribution in [0.15, 0.2) is 0 Å². The second-order valence-corrected chi connectivity index (χ2v) is 5.78. The molecule has 3 atom stereocenters. The third-order valence-electron chi connectivity index (χ3n) is 2.80. The normalized spacial score (nSPS) is 29.9. The third-order valence-corrected chi connectivity index (χ3v) is 3.40. The van der Waals surface area contributed by atoms with E-state index in [1.54, 1.807) is 0 Å². The minimum atomic E-state index is -3.49. The Kier molecular flexibility index (Phi) is 4.91. The Morgan fingerprint density at radius 2 is 2.12 bits per heavy atom. The van der Waals surface area contributed by atoms with Gasteiger partial charge in [0.1, 0.15) is 0 Å². The Morgan fingerprint density at radius 3 is 2.65 bits per heavy atom. The van der Waals surface area contributed by atoms with Gasteiger partial charge < -0.3 is 9.47 Å². The number of carbonyl (C=O) groups excluding carboxylic acids is 1. The number of rotatable bonds is 4. The molecule has 0 unspecified atom stereocenters. The van der Waals surface area contributed by atoms with Gasteiger partial charge in [0.2, 0.25) is 0 Å². The Hall–Kier alpha value is -0.660. The molecule has 1 fully saturated rings. The van der Waals surface area contributed by atoms with Gasteiger partial charge in [-0.3, -0.25) is 8.98 Å². The third kappa shape index (κ3) is 4.61. The molecule has 0 N–H and O–H groups in total. The van der Waals surface area contributed by atoms with Crippen molar-refractivity contribution in [3.8, 4) is 0 Å². The Balaban J connectivity index is 2.62. The summed E-state index contributed by atoms with van der Waals surface area (Å²) in [6.07, 6.45) is 0.842. The van der Waals surface area contributed by atoms with Crippen LogP contribution < -0.4 is 0 Å². The maximum Gasteiger partial charge on any atom is 0.308 e. The quantitative estimate of drug-likeness (QED) is 0.538. The molecule has 0 amide bonds. The molecule has 0 aromatic carbocycles. The Morgan fingerprint density at radius 1 is 1.47 bits per heavy atom. The van der Waals surface area contributed by atoms with Crippen molar-refractivity contribution in [2.75, 3.05) is 20.0 Å². The van der Waals surface area contributed by atoms with Gasteiger partial charge in [-0.1, -0.05) is 6.92 Å². The molecule has 1 saturated heterocycles. The maximum absolute atomic E-state index is 11.2. The van der Waals surface area contributed by atoms with Crippen LogP contribution in [0.5, 0.6) is 0 Å². The van der Waals surface area contributed by atoms with Crippen molar-refractivity contribution in [3.63, 3.8) is 0 Å². The highest BCUT2D eigenvalue weighted by atomic mass is 32.2. The van der Waals surface area contributed by atoms with Crippen LogP contribution in [0, 0.1) is 5.92 Å². The molecule has 0 aromatic heterocycles. The zero-order valence-electron chi connectivity index (χ0n) is 10.2. The van der Waals surface area contributed by atoms with Crippen LogP contribution in [0.3, 0.4) is 0 Å². The first-order valence-electron chi connectivity index (χ1n) is 5.40. The van der Waals surface area contributed by atoms with E-state index in [9.17, 15) is 13.2 Å². The number of esters is 1. The van der Waals surface area contributed by atoms with E-state index in [1.807, 2.05) is 6.92 Å². The van der Waals surface area contributed by atoms with E-state index >= 15 is 0 Å². The van der Waals surface area contributed by atoms with Crippen molar-refractivity contribution in [2.45, 2.75) is 32.0 Å². The SMILES string of the molecule is COC(=O)C[C@@H]1OCC[C@H](OS(C)(=O)=O)[C@@H]1C. The van der Waals surface area contributed by atoms with E-state index in [1.165, 1.54) is 7.11 Å². The summed E-state index contributed by atoms with van der Waals surface area (Å²) in [5.74, 6) is -0.542. The maximum atomic E-state index is 11.2. The van der Waals surface area contributed by atoms with E-state index in [0.717, 1.165) is 6.26 Å². The van der Waals surface area contributed by atoms with E-state index < -0.39 is 16.2 Å². The number of carbonyl (C=O) groups is 1. The van der Waals surface area contributed by atoms with Crippen molar-refractivity contribution in [1.82, 2.24) is 0 Å². The number of methoxy groups -OCH3 is 1. The second kappa shape index (κ2) is 5.79. The fraction of sp³-hybridized carbons (Fsp3) is 0.900. The highest BCUT2D eigenvalue weighted by Crippen LogP contribution is 2.26. The lowest BCUT2D eigenvalue weighted by Crippen LogP contribution is -2.41. The molecule has 17 heavy (non-hydrogen) atoms. The van der Waals surface area contributed by atoms with Gasteiger partial charge in [-0.2, -0.15) is 8.42 Å². The molecule has 1 aliphatic heterocycles. The van der Waals surface area contributed by atoms with E-state index in [4.69, 9.17) is 8.92 Å². The van der Waals surface area contributed by atoms with Crippen LogP contribution >= 0.6 is 0 Å². The van der Waals surface area contributed by atoms with Crippen molar-refractivity contribution in [1.29, 1.82) is 0 Å². The molecule has 0 aromatic rings. The van der Waals surface area contributed by atoms with Gasteiger partial charge in [0.25, 0.3) is 10.1 Å². The summed E-state index contributed by atoms with van der Waals surface area (Å²) in [6, 6.07) is 0. The van der Waals surface area contributed by atoms with Crippen LogP contribution in [0.2, 0.25) is 0 Å². The van der Waals surface area contributed by atoms with E-state index in [0.29, 0.717) is 13.0 Å². The fourth-order valence-electron chi connectivity index (χ4n) is 1.84. The molecule has 1 heterocycles. The first kappa shape index (κ1) is 14.4. The highest BCUT2D eigenvalue weighted by molar-refractivity contribution is 7.86. The second-order valence-electron chi connectivity index (χ2n) is 4.18. The number of ether oxygens (including phenoxy) is 2. The lowest BCUT2D eigenvalue weighted by Gasteiger charge is -2.34. The van der Waals surface area contributed by atoms with Crippen molar-refractivity contribution in [2.24, 2.45) is 5.92 Å². The van der Waals surface area contributed by atoms with Gasteiger partial charge in [0, 0.05) is 12.5 Å². The van der Waals surface area contributed by atoms with Crippen LogP contribution in [0.25, 0.3) is 0 Å². The topological polar surface area (TPSA) is 78.9 Å². The molecule has 1 rings (SSSR count). The summed E-state index contributed by atoms with van der Waals surface area (Å²) in [5, 5.41) is 0. The zero-order chi connectivity index (χ0) is 13.1. The molecule has 7 heteroatoms. The molecule has 6 nitrogen and oxygen atoms in total. The molecular weight excluding hydrogens is 248 g/mol. The van der Waals surface area contributed by atoms with E-state index in [2.05, 4.69) is 4.74 Å². The lowest BCUT2D eigenvalue weighted by atomic mass is 9.91. The molecule has 0 aliphatic carbocycles. The summed E-state index contributed by atoms with van der Waals surface area (Å²) in [5.41, 5.74) is 0. The van der Waals surface area contributed by atoms with Crippen LogP contribution in [0.1, 0.15) is 19.8 Å². The van der Waals surface area contributed by atoms with Gasteiger partial charge in [-0.05, 0) is 6.42 Å². The van der Waals surface area contributed by atoms with Gasteiger partial charge in [-0.25, -0.2) is 0 Å². The highest BCUT2D eigenvalue weighted by Gasteiger charge is 2.35. The number of hydrogen-bond acceptors (Lipinski definition) is 6. The summed E-state index contributed by atoms with van der Waals surface area (Å²) in [7, 11) is -2.18. The van der Waals surface area contributed by atoms with Crippen LogP contribution in [0.4, 0.5) is 0 Å². The molecule has 0 spiro atoms. The largest absolute Gasteiger partial charge is 0.469 e. The van der Waals surface area contributed by atoms with Gasteiger partial charge in [0.05, 0.1) is 32.0 Å². The van der Waals surface area contributed by atoms with Gasteiger partial charge in [-0.15, -0.1) is 0 Å². The average Bonchev–Trinajstić information content (AvgIpc) is 2.22. The van der Waals surface area contributed by atoms with E-state index in [-0.39, 0.29) is 24.4 Å². The predicted octanol–water partition coefficient (Wildman–Crippen LogP) is 0.319. The summed E-state index contributed by atoms with van der Waals surface area (Å²) >= 11 is 0. The summed E-state index contributed by atoms with van der Waals surface area (Å²) in [6.45, 7) is 2.19. The minimum absolute atomic E-state index is 0.112. The van der Waals surface area contributed by atoms with Gasteiger partial charge in [0.15, 0.2) is 0 Å². The molecule has 100 valence electrons. The van der Waals surface area contributed by atoms with Crippen molar-refractivity contribution < 1.29 is 26.9 Å². The van der Waals surface area contributed by atoms with Crippen LogP contribution in [-0.2, 0) is 28.6 Å². The van der Waals surface area contributed by atoms with Crippen molar-refractivity contribution in [3.05, 3.63) is 0 Å². The molecule has 0 saturated carbocycles. The number of hydrogen-bond donors (Lipinski definition) is 0. The average molecular weight is 266 g/mol. The first-order chi connectivity index (χ1) is 7.83. The Bertz CT molecular complexity index is 363. The minimum Gasteiger partial charge on any atom is -0.469 e. The van der Waals surface area contributed by atoms with Crippen LogP contribution in [-0.4, -0.2) is 46.6 Å². The lowest BCUT2D eigenvalue weighted by molar-refractivity contribution is -0.148. The molecular formula is C10H18O6S. The summed E-state index contributed by atoms with van der Waals surface area (Å²) < 4.78 is 37.1. The first-order valence-corrected chi connectivity index (χ1v) is 7.22. The van der Waals surface area contributed by atoms with Crippen molar-refractivity contribution >= 4 is 16.1 Å². The molecule has 0 radical (unpaired) electrons. The predicted molar refractivity (Wildman–Crippen MR) is 59.9 cm³/mol. The summed E-state index contributed by atoms with van der Waals surface area (Å²) in [4.78, 5) is 11.2. The Labute approximate surface area is 101 Å². The smallest absolute Gasteiger partial charge is 0.308 e. The fourth-order valence-corrected chi connectivity index (χ4v) is 2.56. The zero-order valence-corrected chi connectivity index (χ0v) is 11.0. The van der Waals surface area contributed by atoms with Gasteiger partial charge >= 0.3 is 5.97 Å². The standard InChI is InChI=1S/C10H18O6S/c1-7-8(16-17(3,12)13)4-5-15-9(7)6-10(11)14-2/h7-9H,4-6H2,1-3H3/t7-,8-,9-/m0/s1. The monoisotopic (exact) mass is 266 g/mol. The molecule has 0 bridgehead atoms.